The van der Waals surface area contributed by atoms with E-state index >= 15 is 0 Å². The van der Waals surface area contributed by atoms with Crippen molar-refractivity contribution in [3.8, 4) is 0 Å². The van der Waals surface area contributed by atoms with Gasteiger partial charge in [0, 0.05) is 6.04 Å². The molecule has 1 aliphatic rings. The van der Waals surface area contributed by atoms with Gasteiger partial charge in [-0.3, -0.25) is 4.79 Å². The quantitative estimate of drug-likeness (QED) is 0.873. The maximum atomic E-state index is 13.1. The van der Waals surface area contributed by atoms with Gasteiger partial charge in [0.1, 0.15) is 5.60 Å². The molecule has 2 N–H and O–H groups in total. The monoisotopic (exact) mass is 329 g/mol. The largest absolute Gasteiger partial charge is 0.380 e. The van der Waals surface area contributed by atoms with Crippen LogP contribution in [-0.2, 0) is 11.2 Å². The fraction of sp³-hybridized carbons (Fsp3) is 0.562. The van der Waals surface area contributed by atoms with Crippen LogP contribution >= 0.6 is 11.8 Å². The second kappa shape index (κ2) is 7.42. The van der Waals surface area contributed by atoms with Gasteiger partial charge in [0.25, 0.3) is 5.91 Å². The molecule has 2 rings (SSSR count). The predicted molar refractivity (Wildman–Crippen MR) is 83.8 cm³/mol. The SMILES string of the molecule is CC(CCc1ccc(F)c(F)c1)NC(=O)C1(O)CCSCC1. The molecule has 0 aliphatic carbocycles. The lowest BCUT2D eigenvalue weighted by Gasteiger charge is -2.31. The molecule has 0 spiro atoms. The van der Waals surface area contributed by atoms with Gasteiger partial charge in [-0.25, -0.2) is 8.78 Å². The standard InChI is InChI=1S/C16H21F2NO2S/c1-11(2-3-12-4-5-13(17)14(18)10-12)19-15(20)16(21)6-8-22-9-7-16/h4-5,10-11,21H,2-3,6-9H2,1H3,(H,19,20). The lowest BCUT2D eigenvalue weighted by Crippen LogP contribution is -2.51. The lowest BCUT2D eigenvalue weighted by atomic mass is 9.95. The molecule has 0 aromatic heterocycles. The molecule has 22 heavy (non-hydrogen) atoms. The molecule has 1 saturated heterocycles. The molecule has 1 aromatic rings. The molecule has 6 heteroatoms. The van der Waals surface area contributed by atoms with Gasteiger partial charge in [-0.1, -0.05) is 6.07 Å². The minimum atomic E-state index is -1.26. The number of carbonyl (C=O) groups is 1. The number of benzene rings is 1. The van der Waals surface area contributed by atoms with Gasteiger partial charge in [-0.15, -0.1) is 0 Å². The van der Waals surface area contributed by atoms with Gasteiger partial charge in [0.2, 0.25) is 0 Å². The first-order valence-electron chi connectivity index (χ1n) is 7.46. The van der Waals surface area contributed by atoms with Crippen LogP contribution in [-0.4, -0.2) is 34.2 Å². The second-order valence-corrected chi connectivity index (χ2v) is 7.03. The number of hydrogen-bond acceptors (Lipinski definition) is 3. The van der Waals surface area contributed by atoms with E-state index in [0.29, 0.717) is 31.2 Å². The number of nitrogens with one attached hydrogen (secondary N) is 1. The fourth-order valence-electron chi connectivity index (χ4n) is 2.44. The molecule has 122 valence electrons. The normalized spacial score (nSPS) is 18.7. The Hall–Kier alpha value is -1.14. The predicted octanol–water partition coefficient (Wildman–Crippen LogP) is 2.66. The van der Waals surface area contributed by atoms with E-state index in [0.717, 1.165) is 17.6 Å². The first kappa shape index (κ1) is 17.2. The summed E-state index contributed by atoms with van der Waals surface area (Å²) in [5.41, 5.74) is -0.575. The highest BCUT2D eigenvalue weighted by Gasteiger charge is 2.37. The summed E-state index contributed by atoms with van der Waals surface area (Å²) < 4.78 is 26.0. The maximum absolute atomic E-state index is 13.1. The van der Waals surface area contributed by atoms with Gasteiger partial charge in [-0.05, 0) is 61.8 Å². The molecular formula is C16H21F2NO2S. The third kappa shape index (κ3) is 4.43. The van der Waals surface area contributed by atoms with E-state index in [4.69, 9.17) is 0 Å². The van der Waals surface area contributed by atoms with Crippen molar-refractivity contribution in [2.75, 3.05) is 11.5 Å². The molecule has 0 saturated carbocycles. The molecule has 1 atom stereocenters. The number of rotatable bonds is 5. The number of carbonyl (C=O) groups excluding carboxylic acids is 1. The topological polar surface area (TPSA) is 49.3 Å². The third-order valence-electron chi connectivity index (χ3n) is 3.97. The van der Waals surface area contributed by atoms with Crippen molar-refractivity contribution >= 4 is 17.7 Å². The number of halogens is 2. The molecule has 3 nitrogen and oxygen atoms in total. The Morgan fingerprint density at radius 2 is 2.05 bits per heavy atom. The van der Waals surface area contributed by atoms with Gasteiger partial charge >= 0.3 is 0 Å². The van der Waals surface area contributed by atoms with Crippen molar-refractivity contribution in [2.24, 2.45) is 0 Å². The molecular weight excluding hydrogens is 308 g/mol. The van der Waals surface area contributed by atoms with Gasteiger partial charge in [0.15, 0.2) is 11.6 Å². The molecule has 1 unspecified atom stereocenters. The summed E-state index contributed by atoms with van der Waals surface area (Å²) in [6, 6.07) is 3.68. The minimum Gasteiger partial charge on any atom is -0.380 e. The molecule has 1 aromatic carbocycles. The maximum Gasteiger partial charge on any atom is 0.252 e. The van der Waals surface area contributed by atoms with Crippen LogP contribution in [0, 0.1) is 11.6 Å². The van der Waals surface area contributed by atoms with Crippen LogP contribution in [0.5, 0.6) is 0 Å². The van der Waals surface area contributed by atoms with Crippen LogP contribution in [0.3, 0.4) is 0 Å². The van der Waals surface area contributed by atoms with Crippen molar-refractivity contribution in [1.82, 2.24) is 5.32 Å². The van der Waals surface area contributed by atoms with E-state index in [2.05, 4.69) is 5.32 Å². The van der Waals surface area contributed by atoms with Crippen LogP contribution < -0.4 is 5.32 Å². The van der Waals surface area contributed by atoms with E-state index in [1.165, 1.54) is 6.07 Å². The molecule has 1 fully saturated rings. The van der Waals surface area contributed by atoms with Gasteiger partial charge < -0.3 is 10.4 Å². The molecule has 0 radical (unpaired) electrons. The average molecular weight is 329 g/mol. The average Bonchev–Trinajstić information content (AvgIpc) is 2.49. The molecule has 1 amide bonds. The molecule has 1 aliphatic heterocycles. The molecule has 1 heterocycles. The Balaban J connectivity index is 1.83. The van der Waals surface area contributed by atoms with E-state index in [9.17, 15) is 18.7 Å². The van der Waals surface area contributed by atoms with E-state index in [-0.39, 0.29) is 11.9 Å². The summed E-state index contributed by atoms with van der Waals surface area (Å²) in [5.74, 6) is -0.475. The summed E-state index contributed by atoms with van der Waals surface area (Å²) in [5, 5.41) is 13.1. The highest BCUT2D eigenvalue weighted by molar-refractivity contribution is 7.99. The Morgan fingerprint density at radius 1 is 1.36 bits per heavy atom. The van der Waals surface area contributed by atoms with Crippen molar-refractivity contribution in [2.45, 2.75) is 44.2 Å². The van der Waals surface area contributed by atoms with Crippen LogP contribution in [0.2, 0.25) is 0 Å². The van der Waals surface area contributed by atoms with Crippen LogP contribution in [0.25, 0.3) is 0 Å². The fourth-order valence-corrected chi connectivity index (χ4v) is 3.61. The number of hydrogen-bond donors (Lipinski definition) is 2. The highest BCUT2D eigenvalue weighted by atomic mass is 32.2. The zero-order valence-corrected chi connectivity index (χ0v) is 13.4. The van der Waals surface area contributed by atoms with Crippen molar-refractivity contribution in [3.63, 3.8) is 0 Å². The van der Waals surface area contributed by atoms with Crippen molar-refractivity contribution in [3.05, 3.63) is 35.4 Å². The zero-order chi connectivity index (χ0) is 16.2. The van der Waals surface area contributed by atoms with Crippen LogP contribution in [0.15, 0.2) is 18.2 Å². The third-order valence-corrected chi connectivity index (χ3v) is 4.96. The summed E-state index contributed by atoms with van der Waals surface area (Å²) in [6.45, 7) is 1.85. The van der Waals surface area contributed by atoms with E-state index in [1.807, 2.05) is 6.92 Å². The number of thioether (sulfide) groups is 1. The lowest BCUT2D eigenvalue weighted by molar-refractivity contribution is -0.141. The summed E-state index contributed by atoms with van der Waals surface area (Å²) >= 11 is 1.74. The van der Waals surface area contributed by atoms with Crippen LogP contribution in [0.4, 0.5) is 8.78 Å². The zero-order valence-electron chi connectivity index (χ0n) is 12.6. The molecule has 0 bridgehead atoms. The smallest absolute Gasteiger partial charge is 0.252 e. The van der Waals surface area contributed by atoms with Crippen LogP contribution in [0.1, 0.15) is 31.7 Å². The Labute approximate surface area is 133 Å². The van der Waals surface area contributed by atoms with E-state index in [1.54, 1.807) is 17.8 Å². The number of amides is 1. The Kier molecular flexibility index (Phi) is 5.81. The minimum absolute atomic E-state index is 0.140. The van der Waals surface area contributed by atoms with E-state index < -0.39 is 17.2 Å². The highest BCUT2D eigenvalue weighted by Crippen LogP contribution is 2.27. The number of aryl methyl sites for hydroxylation is 1. The first-order valence-corrected chi connectivity index (χ1v) is 8.61. The summed E-state index contributed by atoms with van der Waals surface area (Å²) in [4.78, 5) is 12.2. The number of aliphatic hydroxyl groups is 1. The van der Waals surface area contributed by atoms with Crippen molar-refractivity contribution in [1.29, 1.82) is 0 Å². The van der Waals surface area contributed by atoms with Gasteiger partial charge in [-0.2, -0.15) is 11.8 Å². The Morgan fingerprint density at radius 3 is 2.68 bits per heavy atom. The first-order chi connectivity index (χ1) is 10.4. The summed E-state index contributed by atoms with van der Waals surface area (Å²) in [6.07, 6.45) is 2.08. The van der Waals surface area contributed by atoms with Gasteiger partial charge in [0.05, 0.1) is 0 Å². The summed E-state index contributed by atoms with van der Waals surface area (Å²) in [7, 11) is 0. The second-order valence-electron chi connectivity index (χ2n) is 5.81. The Bertz CT molecular complexity index is 533. The van der Waals surface area contributed by atoms with Crippen molar-refractivity contribution < 1.29 is 18.7 Å².